The summed E-state index contributed by atoms with van der Waals surface area (Å²) in [4.78, 5) is 16.8. The molecule has 0 bridgehead atoms. The largest absolute Gasteiger partial charge is 0.444 e. The lowest BCUT2D eigenvalue weighted by Crippen LogP contribution is -2.40. The SMILES string of the molecule is [2H]C1([2H])Cc2ncc(N)cc2C([2H])([2H])N1C(=O)OC(C)(C)C. The highest BCUT2D eigenvalue weighted by atomic mass is 16.6. The number of anilines is 1. The first-order chi connectivity index (χ1) is 9.84. The van der Waals surface area contributed by atoms with Crippen molar-refractivity contribution in [3.8, 4) is 0 Å². The van der Waals surface area contributed by atoms with Crippen LogP contribution in [0.1, 0.15) is 37.5 Å². The van der Waals surface area contributed by atoms with Crippen molar-refractivity contribution in [1.82, 2.24) is 9.88 Å². The van der Waals surface area contributed by atoms with Gasteiger partial charge in [-0.15, -0.1) is 0 Å². The number of aryl methyl sites for hydroxylation is 1. The maximum Gasteiger partial charge on any atom is 0.410 e. The summed E-state index contributed by atoms with van der Waals surface area (Å²) in [6, 6.07) is 1.37. The molecule has 0 saturated heterocycles. The van der Waals surface area contributed by atoms with E-state index in [1.807, 2.05) is 0 Å². The van der Waals surface area contributed by atoms with Gasteiger partial charge in [0.2, 0.25) is 0 Å². The van der Waals surface area contributed by atoms with Crippen molar-refractivity contribution in [2.24, 2.45) is 0 Å². The predicted molar refractivity (Wildman–Crippen MR) is 69.0 cm³/mol. The number of hydrogen-bond acceptors (Lipinski definition) is 4. The lowest BCUT2D eigenvalue weighted by atomic mass is 10.1. The third-order valence-corrected chi connectivity index (χ3v) is 2.20. The van der Waals surface area contributed by atoms with Crippen LogP contribution in [0.15, 0.2) is 12.3 Å². The van der Waals surface area contributed by atoms with Crippen molar-refractivity contribution in [3.05, 3.63) is 23.5 Å². The average molecular weight is 253 g/mol. The topological polar surface area (TPSA) is 68.5 Å². The van der Waals surface area contributed by atoms with Crippen LogP contribution in [0.4, 0.5) is 10.5 Å². The Morgan fingerprint density at radius 1 is 1.61 bits per heavy atom. The van der Waals surface area contributed by atoms with Crippen LogP contribution in [0.2, 0.25) is 0 Å². The molecule has 5 nitrogen and oxygen atoms in total. The van der Waals surface area contributed by atoms with E-state index in [1.165, 1.54) is 12.3 Å². The van der Waals surface area contributed by atoms with Gasteiger partial charge in [0.05, 0.1) is 21.1 Å². The molecule has 0 radical (unpaired) electrons. The van der Waals surface area contributed by atoms with Gasteiger partial charge in [0.25, 0.3) is 0 Å². The van der Waals surface area contributed by atoms with Crippen LogP contribution < -0.4 is 5.73 Å². The summed E-state index contributed by atoms with van der Waals surface area (Å²) in [6.07, 6.45) is 0.0470. The van der Waals surface area contributed by atoms with Gasteiger partial charge < -0.3 is 15.4 Å². The van der Waals surface area contributed by atoms with Crippen LogP contribution in [0.25, 0.3) is 0 Å². The molecule has 1 amide bonds. The number of nitrogens with zero attached hydrogens (tertiary/aromatic N) is 2. The smallest absolute Gasteiger partial charge is 0.410 e. The van der Waals surface area contributed by atoms with Gasteiger partial charge in [-0.2, -0.15) is 0 Å². The molecule has 0 atom stereocenters. The van der Waals surface area contributed by atoms with E-state index in [2.05, 4.69) is 4.98 Å². The summed E-state index contributed by atoms with van der Waals surface area (Å²) in [6.45, 7) is 0.220. The minimum Gasteiger partial charge on any atom is -0.444 e. The highest BCUT2D eigenvalue weighted by Gasteiger charge is 2.26. The second-order valence-corrected chi connectivity index (χ2v) is 5.03. The fourth-order valence-electron chi connectivity index (χ4n) is 1.48. The van der Waals surface area contributed by atoms with Crippen LogP contribution in [0.3, 0.4) is 0 Å². The first kappa shape index (κ1) is 8.34. The fourth-order valence-corrected chi connectivity index (χ4v) is 1.48. The molecular formula is C13H19N3O2. The van der Waals surface area contributed by atoms with Gasteiger partial charge in [0.15, 0.2) is 0 Å². The summed E-state index contributed by atoms with van der Waals surface area (Å²) >= 11 is 0. The molecule has 1 aliphatic rings. The molecule has 1 aliphatic heterocycles. The Morgan fingerprint density at radius 2 is 2.33 bits per heavy atom. The summed E-state index contributed by atoms with van der Waals surface area (Å²) in [5, 5.41) is 0. The zero-order valence-corrected chi connectivity index (χ0v) is 10.7. The molecule has 0 fully saturated rings. The molecule has 2 heterocycles. The number of amides is 1. The maximum absolute atomic E-state index is 12.3. The lowest BCUT2D eigenvalue weighted by molar-refractivity contribution is 0.0223. The number of fused-ring (bicyclic) bond motifs is 1. The van der Waals surface area contributed by atoms with Gasteiger partial charge >= 0.3 is 6.09 Å². The molecule has 18 heavy (non-hydrogen) atoms. The van der Waals surface area contributed by atoms with Crippen molar-refractivity contribution in [2.45, 2.75) is 39.3 Å². The zero-order chi connectivity index (χ0) is 16.9. The Bertz CT molecular complexity index is 614. The second kappa shape index (κ2) is 4.48. The number of nitrogens with two attached hydrogens (primary N) is 1. The van der Waals surface area contributed by atoms with Gasteiger partial charge in [-0.25, -0.2) is 4.79 Å². The molecule has 2 rings (SSSR count). The molecule has 1 aromatic heterocycles. The zero-order valence-electron chi connectivity index (χ0n) is 14.7. The number of aromatic nitrogens is 1. The van der Waals surface area contributed by atoms with Crippen LogP contribution in [0, 0.1) is 0 Å². The molecule has 0 saturated carbocycles. The van der Waals surface area contributed by atoms with E-state index in [1.54, 1.807) is 20.8 Å². The molecule has 0 unspecified atom stereocenters. The Labute approximate surface area is 113 Å². The third kappa shape index (κ3) is 2.91. The monoisotopic (exact) mass is 253 g/mol. The maximum atomic E-state index is 12.3. The lowest BCUT2D eigenvalue weighted by Gasteiger charge is -2.30. The highest BCUT2D eigenvalue weighted by Crippen LogP contribution is 2.21. The molecule has 1 aromatic rings. The summed E-state index contributed by atoms with van der Waals surface area (Å²) in [5.74, 6) is 0. The average Bonchev–Trinajstić information content (AvgIpc) is 2.26. The van der Waals surface area contributed by atoms with E-state index >= 15 is 0 Å². The van der Waals surface area contributed by atoms with Crippen molar-refractivity contribution >= 4 is 11.8 Å². The Balaban J connectivity index is 2.52. The Kier molecular flexibility index (Phi) is 2.08. The summed E-state index contributed by atoms with van der Waals surface area (Å²) < 4.78 is 37.7. The first-order valence-corrected chi connectivity index (χ1v) is 5.63. The minimum absolute atomic E-state index is 0.0773. The van der Waals surface area contributed by atoms with E-state index in [4.69, 9.17) is 16.0 Å². The first-order valence-electron chi connectivity index (χ1n) is 7.63. The minimum atomic E-state index is -2.41. The van der Waals surface area contributed by atoms with Gasteiger partial charge in [0, 0.05) is 21.4 Å². The number of carbonyl (C=O) groups excluding carboxylic acids is 1. The number of hydrogen-bond donors (Lipinski definition) is 1. The molecule has 0 spiro atoms. The van der Waals surface area contributed by atoms with Crippen molar-refractivity contribution < 1.29 is 15.0 Å². The second-order valence-electron chi connectivity index (χ2n) is 5.03. The third-order valence-electron chi connectivity index (χ3n) is 2.20. The van der Waals surface area contributed by atoms with E-state index in [0.717, 1.165) is 0 Å². The number of rotatable bonds is 0. The normalized spacial score (nSPS) is 24.1. The number of pyridine rings is 1. The standard InChI is InChI=1S/C13H19N3O2/c1-13(2,3)18-12(17)16-5-4-11-9(8-16)6-10(14)7-15-11/h6-7H,4-5,8,14H2,1-3H3/i5D2,8D2. The predicted octanol–water partition coefficient (Wildman–Crippen LogP) is 1.96. The molecule has 98 valence electrons. The summed E-state index contributed by atoms with van der Waals surface area (Å²) in [5.41, 5.74) is 5.33. The van der Waals surface area contributed by atoms with Gasteiger partial charge in [-0.1, -0.05) is 0 Å². The van der Waals surface area contributed by atoms with Gasteiger partial charge in [-0.05, 0) is 32.4 Å². The quantitative estimate of drug-likeness (QED) is 0.767. The van der Waals surface area contributed by atoms with Crippen molar-refractivity contribution in [1.29, 1.82) is 0 Å². The Hall–Kier alpha value is -1.78. The van der Waals surface area contributed by atoms with E-state index in [9.17, 15) is 4.79 Å². The van der Waals surface area contributed by atoms with E-state index < -0.39 is 24.7 Å². The number of nitrogen functional groups attached to an aromatic ring is 1. The molecule has 0 aromatic carbocycles. The van der Waals surface area contributed by atoms with Crippen LogP contribution in [0.5, 0.6) is 0 Å². The van der Waals surface area contributed by atoms with Gasteiger partial charge in [0.1, 0.15) is 5.60 Å². The van der Waals surface area contributed by atoms with Crippen LogP contribution in [-0.2, 0) is 17.7 Å². The van der Waals surface area contributed by atoms with E-state index in [-0.39, 0.29) is 23.4 Å². The van der Waals surface area contributed by atoms with Crippen LogP contribution >= 0.6 is 0 Å². The number of carbonyl (C=O) groups is 1. The molecular weight excluding hydrogens is 230 g/mol. The van der Waals surface area contributed by atoms with E-state index in [0.29, 0.717) is 4.90 Å². The fraction of sp³-hybridized carbons (Fsp3) is 0.538. The summed E-state index contributed by atoms with van der Waals surface area (Å²) in [7, 11) is 0. The molecule has 0 aliphatic carbocycles. The Morgan fingerprint density at radius 3 is 3.00 bits per heavy atom. The van der Waals surface area contributed by atoms with Crippen molar-refractivity contribution in [3.63, 3.8) is 0 Å². The van der Waals surface area contributed by atoms with Gasteiger partial charge in [-0.3, -0.25) is 4.98 Å². The molecule has 2 N–H and O–H groups in total. The van der Waals surface area contributed by atoms with Crippen LogP contribution in [-0.4, -0.2) is 28.1 Å². The number of ether oxygens (including phenoxy) is 1. The highest BCUT2D eigenvalue weighted by molar-refractivity contribution is 5.68. The molecule has 5 heteroatoms. The van der Waals surface area contributed by atoms with Crippen molar-refractivity contribution in [2.75, 3.05) is 12.2 Å².